The number of aryl methyl sites for hydroxylation is 2. The summed E-state index contributed by atoms with van der Waals surface area (Å²) < 4.78 is 10.8. The molecule has 1 fully saturated rings. The monoisotopic (exact) mass is 320 g/mol. The zero-order chi connectivity index (χ0) is 15.3. The third kappa shape index (κ3) is 3.88. The first-order chi connectivity index (χ1) is 10.8. The third-order valence-corrected chi connectivity index (χ3v) is 4.97. The lowest BCUT2D eigenvalue weighted by molar-refractivity contribution is -0.121. The van der Waals surface area contributed by atoms with Gasteiger partial charge in [-0.2, -0.15) is 0 Å². The minimum atomic E-state index is -0.132. The average Bonchev–Trinajstić information content (AvgIpc) is 2.96. The summed E-state index contributed by atoms with van der Waals surface area (Å²) in [7, 11) is 0. The van der Waals surface area contributed by atoms with E-state index >= 15 is 0 Å². The van der Waals surface area contributed by atoms with Gasteiger partial charge in [-0.3, -0.25) is 0 Å². The summed E-state index contributed by atoms with van der Waals surface area (Å²) in [4.78, 5) is 0. The minimum Gasteiger partial charge on any atom is -0.416 e. The van der Waals surface area contributed by atoms with Gasteiger partial charge in [0, 0.05) is 17.6 Å². The van der Waals surface area contributed by atoms with Gasteiger partial charge in [-0.1, -0.05) is 42.1 Å². The first-order valence-corrected chi connectivity index (χ1v) is 8.46. The molecule has 0 unspecified atom stereocenters. The van der Waals surface area contributed by atoms with Crippen LogP contribution in [0.2, 0.25) is 0 Å². The van der Waals surface area contributed by atoms with Crippen LogP contribution in [0.4, 0.5) is 0 Å². The summed E-state index contributed by atoms with van der Waals surface area (Å²) in [5.41, 5.74) is 1.19. The molecule has 1 N–H and O–H groups in total. The van der Waals surface area contributed by atoms with E-state index in [9.17, 15) is 5.11 Å². The molecule has 1 saturated heterocycles. The van der Waals surface area contributed by atoms with Crippen molar-refractivity contribution in [2.45, 2.75) is 24.5 Å². The van der Waals surface area contributed by atoms with E-state index < -0.39 is 0 Å². The van der Waals surface area contributed by atoms with E-state index in [1.807, 2.05) is 6.07 Å². The molecule has 0 radical (unpaired) electrons. The van der Waals surface area contributed by atoms with Gasteiger partial charge in [-0.15, -0.1) is 10.2 Å². The molecule has 0 spiro atoms. The van der Waals surface area contributed by atoms with Crippen LogP contribution in [-0.2, 0) is 17.6 Å². The Morgan fingerprint density at radius 1 is 1.14 bits per heavy atom. The SMILES string of the molecule is OCC1(CSc2nnc(CCCc3ccccc3)o2)COC1. The fourth-order valence-corrected chi connectivity index (χ4v) is 3.25. The number of nitrogens with zero attached hydrogens (tertiary/aromatic N) is 2. The molecule has 2 aromatic rings. The summed E-state index contributed by atoms with van der Waals surface area (Å²) in [5.74, 6) is 1.43. The summed E-state index contributed by atoms with van der Waals surface area (Å²) in [5, 5.41) is 18.1. The lowest BCUT2D eigenvalue weighted by Gasteiger charge is -2.39. The molecule has 22 heavy (non-hydrogen) atoms. The zero-order valence-electron chi connectivity index (χ0n) is 12.4. The average molecular weight is 320 g/mol. The third-order valence-electron chi connectivity index (χ3n) is 3.80. The van der Waals surface area contributed by atoms with Gasteiger partial charge in [0.15, 0.2) is 0 Å². The van der Waals surface area contributed by atoms with E-state index in [-0.39, 0.29) is 12.0 Å². The highest BCUT2D eigenvalue weighted by Crippen LogP contribution is 2.33. The predicted molar refractivity (Wildman–Crippen MR) is 83.8 cm³/mol. The highest BCUT2D eigenvalue weighted by Gasteiger charge is 2.38. The molecule has 0 aliphatic carbocycles. The Morgan fingerprint density at radius 2 is 1.95 bits per heavy atom. The van der Waals surface area contributed by atoms with Crippen LogP contribution in [0.25, 0.3) is 0 Å². The van der Waals surface area contributed by atoms with Crippen molar-refractivity contribution < 1.29 is 14.3 Å². The second kappa shape index (κ2) is 7.26. The molecule has 0 amide bonds. The van der Waals surface area contributed by atoms with E-state index in [1.165, 1.54) is 17.3 Å². The molecule has 1 aromatic heterocycles. The zero-order valence-corrected chi connectivity index (χ0v) is 13.2. The Balaban J connectivity index is 1.43. The Kier molecular flexibility index (Phi) is 5.12. The summed E-state index contributed by atoms with van der Waals surface area (Å²) in [6.45, 7) is 1.35. The van der Waals surface area contributed by atoms with Crippen molar-refractivity contribution in [1.29, 1.82) is 0 Å². The molecule has 5 nitrogen and oxygen atoms in total. The molecule has 6 heteroatoms. The molecule has 118 valence electrons. The van der Waals surface area contributed by atoms with Crippen LogP contribution in [0.3, 0.4) is 0 Å². The smallest absolute Gasteiger partial charge is 0.276 e. The van der Waals surface area contributed by atoms with Crippen LogP contribution in [0.5, 0.6) is 0 Å². The molecule has 0 saturated carbocycles. The number of ether oxygens (including phenoxy) is 1. The molecule has 1 aromatic carbocycles. The Labute approximate surface area is 134 Å². The van der Waals surface area contributed by atoms with Crippen LogP contribution in [0.1, 0.15) is 17.9 Å². The van der Waals surface area contributed by atoms with Crippen LogP contribution in [-0.4, -0.2) is 40.9 Å². The topological polar surface area (TPSA) is 68.4 Å². The van der Waals surface area contributed by atoms with Crippen molar-refractivity contribution in [2.24, 2.45) is 5.41 Å². The number of aliphatic hydroxyl groups excluding tert-OH is 1. The van der Waals surface area contributed by atoms with E-state index in [0.717, 1.165) is 25.0 Å². The minimum absolute atomic E-state index is 0.132. The summed E-state index contributed by atoms with van der Waals surface area (Å²) >= 11 is 1.50. The molecular formula is C16H20N2O3S. The molecule has 3 rings (SSSR count). The van der Waals surface area contributed by atoms with Crippen LogP contribution in [0, 0.1) is 5.41 Å². The molecule has 2 heterocycles. The van der Waals surface area contributed by atoms with Crippen molar-refractivity contribution >= 4 is 11.8 Å². The molecule has 1 aliphatic heterocycles. The normalized spacial score (nSPS) is 16.4. The molecule has 0 atom stereocenters. The first-order valence-electron chi connectivity index (χ1n) is 7.47. The standard InChI is InChI=1S/C16H20N2O3S/c19-9-16(10-20-11-16)12-22-15-18-17-14(21-15)8-4-7-13-5-2-1-3-6-13/h1-3,5-6,19H,4,7-12H2. The van der Waals surface area contributed by atoms with Gasteiger partial charge < -0.3 is 14.3 Å². The Bertz CT molecular complexity index is 579. The maximum Gasteiger partial charge on any atom is 0.276 e. The lowest BCUT2D eigenvalue weighted by Crippen LogP contribution is -2.47. The number of benzene rings is 1. The van der Waals surface area contributed by atoms with Crippen LogP contribution >= 0.6 is 11.8 Å². The number of aliphatic hydroxyl groups is 1. The van der Waals surface area contributed by atoms with Crippen molar-refractivity contribution in [3.63, 3.8) is 0 Å². The van der Waals surface area contributed by atoms with Crippen molar-refractivity contribution in [3.8, 4) is 0 Å². The quantitative estimate of drug-likeness (QED) is 0.753. The van der Waals surface area contributed by atoms with Crippen molar-refractivity contribution in [1.82, 2.24) is 10.2 Å². The van der Waals surface area contributed by atoms with E-state index in [1.54, 1.807) is 0 Å². The number of thioether (sulfide) groups is 1. The van der Waals surface area contributed by atoms with Gasteiger partial charge in [0.05, 0.1) is 19.8 Å². The maximum absolute atomic E-state index is 9.38. The highest BCUT2D eigenvalue weighted by atomic mass is 32.2. The lowest BCUT2D eigenvalue weighted by atomic mass is 9.90. The van der Waals surface area contributed by atoms with E-state index in [4.69, 9.17) is 9.15 Å². The second-order valence-electron chi connectivity index (χ2n) is 5.74. The maximum atomic E-state index is 9.38. The van der Waals surface area contributed by atoms with Crippen molar-refractivity contribution in [3.05, 3.63) is 41.8 Å². The Hall–Kier alpha value is -1.37. The molecule has 0 bridgehead atoms. The van der Waals surface area contributed by atoms with E-state index in [0.29, 0.717) is 24.3 Å². The van der Waals surface area contributed by atoms with Gasteiger partial charge in [-0.25, -0.2) is 0 Å². The summed E-state index contributed by atoms with van der Waals surface area (Å²) in [6.07, 6.45) is 2.79. The van der Waals surface area contributed by atoms with Crippen LogP contribution in [0.15, 0.2) is 40.0 Å². The van der Waals surface area contributed by atoms with Gasteiger partial charge in [0.25, 0.3) is 5.22 Å². The number of rotatable bonds is 8. The second-order valence-corrected chi connectivity index (χ2v) is 6.67. The van der Waals surface area contributed by atoms with Crippen molar-refractivity contribution in [2.75, 3.05) is 25.6 Å². The van der Waals surface area contributed by atoms with E-state index in [2.05, 4.69) is 34.5 Å². The molecule has 1 aliphatic rings. The van der Waals surface area contributed by atoms with Crippen LogP contribution < -0.4 is 0 Å². The van der Waals surface area contributed by atoms with Gasteiger partial charge >= 0.3 is 0 Å². The fourth-order valence-electron chi connectivity index (χ4n) is 2.31. The van der Waals surface area contributed by atoms with Gasteiger partial charge in [0.2, 0.25) is 5.89 Å². The highest BCUT2D eigenvalue weighted by molar-refractivity contribution is 7.99. The number of aromatic nitrogens is 2. The van der Waals surface area contributed by atoms with Gasteiger partial charge in [-0.05, 0) is 18.4 Å². The number of hydrogen-bond donors (Lipinski definition) is 1. The predicted octanol–water partition coefficient (Wildman–Crippen LogP) is 2.35. The first kappa shape index (κ1) is 15.5. The summed E-state index contributed by atoms with van der Waals surface area (Å²) in [6, 6.07) is 10.4. The number of hydrogen-bond acceptors (Lipinski definition) is 6. The molecular weight excluding hydrogens is 300 g/mol. The fraction of sp³-hybridized carbons (Fsp3) is 0.500. The van der Waals surface area contributed by atoms with Gasteiger partial charge in [0.1, 0.15) is 0 Å². The largest absolute Gasteiger partial charge is 0.416 e. The Morgan fingerprint density at radius 3 is 2.64 bits per heavy atom.